The van der Waals surface area contributed by atoms with Gasteiger partial charge in [-0.1, -0.05) is 30.3 Å². The highest BCUT2D eigenvalue weighted by Gasteiger charge is 2.38. The Balaban J connectivity index is 1.69. The Hall–Kier alpha value is -2.67. The zero-order chi connectivity index (χ0) is 17.8. The second-order valence-corrected chi connectivity index (χ2v) is 6.40. The van der Waals surface area contributed by atoms with Crippen LogP contribution in [0.2, 0.25) is 0 Å². The fourth-order valence-electron chi connectivity index (χ4n) is 3.23. The van der Waals surface area contributed by atoms with E-state index in [0.29, 0.717) is 18.8 Å². The Morgan fingerprint density at radius 3 is 2.64 bits per heavy atom. The third kappa shape index (κ3) is 4.06. The number of aromatic nitrogens is 2. The number of hydrogen-bond acceptors (Lipinski definition) is 4. The van der Waals surface area contributed by atoms with Crippen LogP contribution in [0.4, 0.5) is 0 Å². The molecule has 1 aliphatic heterocycles. The van der Waals surface area contributed by atoms with E-state index in [1.54, 1.807) is 24.1 Å². The van der Waals surface area contributed by atoms with E-state index < -0.39 is 0 Å². The van der Waals surface area contributed by atoms with Crippen molar-refractivity contribution in [2.45, 2.75) is 12.6 Å². The average Bonchev–Trinajstić information content (AvgIpc) is 3.21. The van der Waals surface area contributed by atoms with Crippen molar-refractivity contribution in [3.63, 3.8) is 0 Å². The second-order valence-electron chi connectivity index (χ2n) is 6.40. The average molecular weight is 341 g/mol. The van der Waals surface area contributed by atoms with Crippen molar-refractivity contribution in [1.82, 2.24) is 25.1 Å². The quantitative estimate of drug-likeness (QED) is 0.825. The number of rotatable bonds is 5. The van der Waals surface area contributed by atoms with Gasteiger partial charge in [-0.15, -0.1) is 0 Å². The van der Waals surface area contributed by atoms with E-state index >= 15 is 0 Å². The van der Waals surface area contributed by atoms with Crippen molar-refractivity contribution in [3.05, 3.63) is 54.1 Å². The number of carbonyl (C=O) groups is 2. The minimum atomic E-state index is -0.277. The predicted molar refractivity (Wildman–Crippen MR) is 93.7 cm³/mol. The van der Waals surface area contributed by atoms with Gasteiger partial charge >= 0.3 is 0 Å². The predicted octanol–water partition coefficient (Wildman–Crippen LogP) is 0.397. The zero-order valence-electron chi connectivity index (χ0n) is 14.5. The lowest BCUT2D eigenvalue weighted by Crippen LogP contribution is -2.45. The van der Waals surface area contributed by atoms with Crippen molar-refractivity contribution in [2.75, 3.05) is 20.1 Å². The molecular formula is C18H23N5O2. The number of imidazole rings is 1. The number of aryl methyl sites for hydroxylation is 1. The molecule has 0 spiro atoms. The molecule has 1 aromatic heterocycles. The van der Waals surface area contributed by atoms with E-state index in [1.807, 2.05) is 25.2 Å². The molecule has 7 nitrogen and oxygen atoms in total. The minimum Gasteiger partial charge on any atom is -0.359 e. The summed E-state index contributed by atoms with van der Waals surface area (Å²) >= 11 is 0. The fraction of sp³-hybridized carbons (Fsp3) is 0.389. The molecule has 2 N–H and O–H groups in total. The molecule has 1 aliphatic rings. The fourth-order valence-corrected chi connectivity index (χ4v) is 3.23. The van der Waals surface area contributed by atoms with Gasteiger partial charge in [0.05, 0.1) is 18.3 Å². The highest BCUT2D eigenvalue weighted by atomic mass is 16.2. The summed E-state index contributed by atoms with van der Waals surface area (Å²) < 4.78 is 1.72. The van der Waals surface area contributed by atoms with Crippen LogP contribution in [0.1, 0.15) is 16.1 Å². The molecule has 7 heteroatoms. The van der Waals surface area contributed by atoms with E-state index in [1.165, 1.54) is 5.56 Å². The first-order chi connectivity index (χ1) is 12.1. The maximum Gasteiger partial charge on any atom is 0.271 e. The minimum absolute atomic E-state index is 0.0538. The normalized spacial score (nSPS) is 20.4. The van der Waals surface area contributed by atoms with Crippen LogP contribution in [0.5, 0.6) is 0 Å². The second kappa shape index (κ2) is 7.48. The molecule has 0 unspecified atom stereocenters. The Morgan fingerprint density at radius 2 is 2.00 bits per heavy atom. The van der Waals surface area contributed by atoms with Crippen molar-refractivity contribution in [1.29, 1.82) is 0 Å². The molecule has 1 fully saturated rings. The molecule has 1 aromatic carbocycles. The highest BCUT2D eigenvalue weighted by molar-refractivity contribution is 5.93. The maximum atomic E-state index is 12.4. The van der Waals surface area contributed by atoms with Gasteiger partial charge in [0.1, 0.15) is 5.69 Å². The lowest BCUT2D eigenvalue weighted by molar-refractivity contribution is -0.124. The van der Waals surface area contributed by atoms with Gasteiger partial charge in [0, 0.05) is 39.9 Å². The molecular weight excluding hydrogens is 318 g/mol. The summed E-state index contributed by atoms with van der Waals surface area (Å²) in [6, 6.07) is 9.88. The Kier molecular flexibility index (Phi) is 5.14. The zero-order valence-corrected chi connectivity index (χ0v) is 14.5. The molecule has 0 saturated carbocycles. The Morgan fingerprint density at radius 1 is 1.24 bits per heavy atom. The summed E-state index contributed by atoms with van der Waals surface area (Å²) in [5, 5.41) is 5.67. The maximum absolute atomic E-state index is 12.4. The summed E-state index contributed by atoms with van der Waals surface area (Å²) in [6.45, 7) is 2.00. The molecule has 25 heavy (non-hydrogen) atoms. The van der Waals surface area contributed by atoms with E-state index in [9.17, 15) is 9.59 Å². The smallest absolute Gasteiger partial charge is 0.271 e. The van der Waals surface area contributed by atoms with Crippen LogP contribution in [-0.4, -0.2) is 52.4 Å². The molecule has 0 radical (unpaired) electrons. The number of nitrogens with one attached hydrogen (secondary N) is 2. The van der Waals surface area contributed by atoms with Gasteiger partial charge in [0.25, 0.3) is 5.91 Å². The molecule has 2 heterocycles. The number of carbonyl (C=O) groups excluding carboxylic acids is 2. The van der Waals surface area contributed by atoms with Gasteiger partial charge in [-0.05, 0) is 5.56 Å². The monoisotopic (exact) mass is 341 g/mol. The van der Waals surface area contributed by atoms with Gasteiger partial charge in [-0.3, -0.25) is 14.5 Å². The van der Waals surface area contributed by atoms with Gasteiger partial charge in [0.15, 0.2) is 0 Å². The SMILES string of the molecule is CNC(=O)[C@H]1CN(Cc2ccccc2)C[C@@H]1NC(=O)c1cn(C)cn1. The van der Waals surface area contributed by atoms with Crippen LogP contribution in [0.25, 0.3) is 0 Å². The van der Waals surface area contributed by atoms with Crippen molar-refractivity contribution in [3.8, 4) is 0 Å². The molecule has 132 valence electrons. The Bertz CT molecular complexity index is 743. The van der Waals surface area contributed by atoms with Crippen LogP contribution in [-0.2, 0) is 18.4 Å². The standard InChI is InChI=1S/C18H23N5O2/c1-19-17(24)14-9-23(8-13-6-4-3-5-7-13)11-15(14)21-18(25)16-10-22(2)12-20-16/h3-7,10,12,14-15H,8-9,11H2,1-2H3,(H,19,24)(H,21,25)/t14-,15-/m0/s1. The first-order valence-corrected chi connectivity index (χ1v) is 8.33. The third-order valence-corrected chi connectivity index (χ3v) is 4.48. The van der Waals surface area contributed by atoms with Gasteiger partial charge in [-0.25, -0.2) is 4.98 Å². The molecule has 2 aromatic rings. The first-order valence-electron chi connectivity index (χ1n) is 8.33. The summed E-state index contributed by atoms with van der Waals surface area (Å²) in [6.07, 6.45) is 3.25. The number of nitrogens with zero attached hydrogens (tertiary/aromatic N) is 3. The van der Waals surface area contributed by atoms with E-state index in [2.05, 4.69) is 32.7 Å². The van der Waals surface area contributed by atoms with Crippen LogP contribution in [0.15, 0.2) is 42.9 Å². The van der Waals surface area contributed by atoms with Gasteiger partial charge < -0.3 is 15.2 Å². The summed E-state index contributed by atoms with van der Waals surface area (Å²) in [5.41, 5.74) is 1.55. The van der Waals surface area contributed by atoms with Crippen molar-refractivity contribution in [2.24, 2.45) is 13.0 Å². The van der Waals surface area contributed by atoms with Crippen LogP contribution in [0, 0.1) is 5.92 Å². The van der Waals surface area contributed by atoms with Crippen molar-refractivity contribution >= 4 is 11.8 Å². The van der Waals surface area contributed by atoms with Gasteiger partial charge in [0.2, 0.25) is 5.91 Å². The van der Waals surface area contributed by atoms with E-state index in [4.69, 9.17) is 0 Å². The molecule has 2 amide bonds. The van der Waals surface area contributed by atoms with Gasteiger partial charge in [-0.2, -0.15) is 0 Å². The highest BCUT2D eigenvalue weighted by Crippen LogP contribution is 2.20. The van der Waals surface area contributed by atoms with Crippen LogP contribution >= 0.6 is 0 Å². The van der Waals surface area contributed by atoms with E-state index in [-0.39, 0.29) is 23.8 Å². The third-order valence-electron chi connectivity index (χ3n) is 4.48. The summed E-state index contributed by atoms with van der Waals surface area (Å²) in [4.78, 5) is 30.9. The molecule has 0 aliphatic carbocycles. The first kappa shape index (κ1) is 17.2. The molecule has 3 rings (SSSR count). The largest absolute Gasteiger partial charge is 0.359 e. The summed E-state index contributed by atoms with van der Waals surface area (Å²) in [7, 11) is 3.44. The van der Waals surface area contributed by atoms with E-state index in [0.717, 1.165) is 6.54 Å². The molecule has 2 atom stereocenters. The lowest BCUT2D eigenvalue weighted by atomic mass is 10.0. The lowest BCUT2D eigenvalue weighted by Gasteiger charge is -2.18. The topological polar surface area (TPSA) is 79.3 Å². The number of benzene rings is 1. The van der Waals surface area contributed by atoms with Crippen LogP contribution in [0.3, 0.4) is 0 Å². The number of hydrogen-bond donors (Lipinski definition) is 2. The Labute approximate surface area is 147 Å². The summed E-state index contributed by atoms with van der Waals surface area (Å²) in [5.74, 6) is -0.579. The van der Waals surface area contributed by atoms with Crippen molar-refractivity contribution < 1.29 is 9.59 Å². The number of likely N-dealkylation sites (tertiary alicyclic amines) is 1. The number of amides is 2. The molecule has 1 saturated heterocycles. The van der Waals surface area contributed by atoms with Crippen LogP contribution < -0.4 is 10.6 Å². The molecule has 0 bridgehead atoms.